The summed E-state index contributed by atoms with van der Waals surface area (Å²) in [5.74, 6) is -1.86. The third-order valence-corrected chi connectivity index (χ3v) is 6.39. The lowest BCUT2D eigenvalue weighted by Crippen LogP contribution is -2.48. The van der Waals surface area contributed by atoms with E-state index < -0.39 is 11.9 Å². The zero-order valence-electron chi connectivity index (χ0n) is 18.4. The number of piperidine rings is 1. The van der Waals surface area contributed by atoms with Gasteiger partial charge in [-0.3, -0.25) is 4.79 Å². The standard InChI is InChI=1S/C19H25ClN2O2.C4H4O4/c1-19(2)10-11-6-12(20)7-16(17(11)24-19)18(23)21-13-8-14-4-5-15(9-13)22(14)3;5-3(6)1-2-4(7)8/h6-7,13-15H,4-5,8-10H2,1-3H3,(H,21,23);1-2H,(H,5,6)(H,7,8)/b;2-1+. The maximum Gasteiger partial charge on any atom is 0.328 e. The summed E-state index contributed by atoms with van der Waals surface area (Å²) in [6.45, 7) is 4.08. The topological polar surface area (TPSA) is 116 Å². The number of amides is 1. The quantitative estimate of drug-likeness (QED) is 0.586. The Kier molecular flexibility index (Phi) is 7.15. The Morgan fingerprint density at radius 2 is 1.69 bits per heavy atom. The molecule has 3 aliphatic heterocycles. The summed E-state index contributed by atoms with van der Waals surface area (Å²) in [5.41, 5.74) is 1.32. The van der Waals surface area contributed by atoms with Crippen molar-refractivity contribution in [2.24, 2.45) is 0 Å². The lowest BCUT2D eigenvalue weighted by atomic mass is 9.97. The number of carbonyl (C=O) groups is 3. The summed E-state index contributed by atoms with van der Waals surface area (Å²) in [6.07, 6.45) is 6.46. The number of benzene rings is 1. The van der Waals surface area contributed by atoms with Crippen LogP contribution in [0.5, 0.6) is 5.75 Å². The molecular formula is C23H29ClN2O6. The molecule has 3 heterocycles. The number of hydrogen-bond acceptors (Lipinski definition) is 5. The first-order valence-electron chi connectivity index (χ1n) is 10.6. The molecule has 4 rings (SSSR count). The van der Waals surface area contributed by atoms with Gasteiger partial charge in [0, 0.05) is 47.3 Å². The molecule has 0 aromatic heterocycles. The van der Waals surface area contributed by atoms with Crippen molar-refractivity contribution >= 4 is 29.4 Å². The normalized spacial score (nSPS) is 25.4. The van der Waals surface area contributed by atoms with E-state index in [4.69, 9.17) is 26.6 Å². The van der Waals surface area contributed by atoms with Crippen molar-refractivity contribution in [1.82, 2.24) is 10.2 Å². The van der Waals surface area contributed by atoms with Gasteiger partial charge in [0.2, 0.25) is 0 Å². The van der Waals surface area contributed by atoms with Crippen LogP contribution in [0.2, 0.25) is 5.02 Å². The average molecular weight is 465 g/mol. The average Bonchev–Trinajstić information content (AvgIpc) is 3.08. The first-order valence-corrected chi connectivity index (χ1v) is 11.0. The fraction of sp³-hybridized carbons (Fsp3) is 0.522. The first-order chi connectivity index (χ1) is 14.9. The van der Waals surface area contributed by atoms with Gasteiger partial charge in [-0.1, -0.05) is 11.6 Å². The number of halogens is 1. The molecule has 2 atom stereocenters. The monoisotopic (exact) mass is 464 g/mol. The minimum Gasteiger partial charge on any atom is -0.486 e. The second kappa shape index (κ2) is 9.50. The molecule has 2 bridgehead atoms. The van der Waals surface area contributed by atoms with Gasteiger partial charge in [0.15, 0.2) is 0 Å². The first kappa shape index (κ1) is 24.1. The molecule has 0 spiro atoms. The smallest absolute Gasteiger partial charge is 0.328 e. The number of rotatable bonds is 4. The van der Waals surface area contributed by atoms with Crippen LogP contribution in [-0.4, -0.2) is 63.7 Å². The molecule has 1 aromatic carbocycles. The van der Waals surface area contributed by atoms with Crippen LogP contribution in [0.15, 0.2) is 24.3 Å². The second-order valence-corrected chi connectivity index (χ2v) is 9.62. The van der Waals surface area contributed by atoms with Crippen LogP contribution in [0.1, 0.15) is 55.5 Å². The van der Waals surface area contributed by atoms with Crippen molar-refractivity contribution in [1.29, 1.82) is 0 Å². The minimum absolute atomic E-state index is 0.0552. The van der Waals surface area contributed by atoms with Gasteiger partial charge in [0.25, 0.3) is 5.91 Å². The maximum atomic E-state index is 12.9. The summed E-state index contributed by atoms with van der Waals surface area (Å²) >= 11 is 6.24. The number of carboxylic acids is 2. The van der Waals surface area contributed by atoms with Crippen molar-refractivity contribution in [3.05, 3.63) is 40.4 Å². The lowest BCUT2D eigenvalue weighted by molar-refractivity contribution is -0.134. The fourth-order valence-electron chi connectivity index (χ4n) is 4.78. The predicted octanol–water partition coefficient (Wildman–Crippen LogP) is 3.12. The van der Waals surface area contributed by atoms with E-state index in [1.807, 2.05) is 19.9 Å². The highest BCUT2D eigenvalue weighted by atomic mass is 35.5. The highest BCUT2D eigenvalue weighted by Gasteiger charge is 2.40. The van der Waals surface area contributed by atoms with Gasteiger partial charge in [-0.05, 0) is 58.7 Å². The summed E-state index contributed by atoms with van der Waals surface area (Å²) in [4.78, 5) is 34.5. The zero-order chi connectivity index (χ0) is 23.6. The van der Waals surface area contributed by atoms with Gasteiger partial charge in [-0.2, -0.15) is 0 Å². The van der Waals surface area contributed by atoms with E-state index in [1.165, 1.54) is 12.8 Å². The Bertz CT molecular complexity index is 915. The van der Waals surface area contributed by atoms with E-state index in [9.17, 15) is 14.4 Å². The summed E-state index contributed by atoms with van der Waals surface area (Å²) in [5, 5.41) is 19.5. The van der Waals surface area contributed by atoms with E-state index in [0.29, 0.717) is 40.6 Å². The maximum absolute atomic E-state index is 12.9. The Morgan fingerprint density at radius 1 is 1.12 bits per heavy atom. The van der Waals surface area contributed by atoms with Gasteiger partial charge >= 0.3 is 11.9 Å². The van der Waals surface area contributed by atoms with Crippen molar-refractivity contribution in [2.75, 3.05) is 7.05 Å². The summed E-state index contributed by atoms with van der Waals surface area (Å²) in [6, 6.07) is 5.11. The third kappa shape index (κ3) is 5.81. The minimum atomic E-state index is -1.26. The number of carboxylic acid groups (broad SMARTS) is 2. The SMILES string of the molecule is CN1C2CCC1CC(NC(=O)c1cc(Cl)cc3c1OC(C)(C)C3)C2.O=C(O)/C=C/C(=O)O. The molecule has 8 nitrogen and oxygen atoms in total. The molecule has 9 heteroatoms. The van der Waals surface area contributed by atoms with Crippen molar-refractivity contribution in [3.8, 4) is 5.75 Å². The van der Waals surface area contributed by atoms with Crippen LogP contribution in [0.25, 0.3) is 0 Å². The Morgan fingerprint density at radius 3 is 2.22 bits per heavy atom. The van der Waals surface area contributed by atoms with Gasteiger partial charge in [-0.25, -0.2) is 9.59 Å². The van der Waals surface area contributed by atoms with Crippen LogP contribution in [0, 0.1) is 0 Å². The van der Waals surface area contributed by atoms with E-state index >= 15 is 0 Å². The number of aliphatic carboxylic acids is 2. The van der Waals surface area contributed by atoms with E-state index in [1.54, 1.807) is 6.07 Å². The molecule has 0 saturated carbocycles. The number of nitrogens with zero attached hydrogens (tertiary/aromatic N) is 1. The largest absolute Gasteiger partial charge is 0.486 e. The molecule has 3 N–H and O–H groups in total. The molecule has 2 unspecified atom stereocenters. The van der Waals surface area contributed by atoms with Gasteiger partial charge < -0.3 is 25.2 Å². The van der Waals surface area contributed by atoms with Crippen LogP contribution in [-0.2, 0) is 16.0 Å². The molecule has 0 radical (unpaired) electrons. The molecule has 2 saturated heterocycles. The Balaban J connectivity index is 0.000000312. The molecule has 3 aliphatic rings. The summed E-state index contributed by atoms with van der Waals surface area (Å²) < 4.78 is 6.03. The number of ether oxygens (including phenoxy) is 1. The van der Waals surface area contributed by atoms with Crippen molar-refractivity contribution in [2.45, 2.75) is 69.7 Å². The zero-order valence-corrected chi connectivity index (χ0v) is 19.2. The fourth-order valence-corrected chi connectivity index (χ4v) is 5.02. The van der Waals surface area contributed by atoms with Crippen LogP contribution in [0.4, 0.5) is 0 Å². The molecule has 1 amide bonds. The molecule has 174 valence electrons. The van der Waals surface area contributed by atoms with Crippen LogP contribution in [0.3, 0.4) is 0 Å². The Hall–Kier alpha value is -2.58. The van der Waals surface area contributed by atoms with E-state index in [0.717, 1.165) is 24.8 Å². The van der Waals surface area contributed by atoms with Crippen LogP contribution >= 0.6 is 11.6 Å². The number of hydrogen-bond donors (Lipinski definition) is 3. The van der Waals surface area contributed by atoms with Crippen molar-refractivity contribution in [3.63, 3.8) is 0 Å². The number of carbonyl (C=O) groups excluding carboxylic acids is 1. The second-order valence-electron chi connectivity index (χ2n) is 9.18. The van der Waals surface area contributed by atoms with E-state index in [-0.39, 0.29) is 17.6 Å². The molecule has 2 fully saturated rings. The molecule has 1 aromatic rings. The number of nitrogens with one attached hydrogen (secondary N) is 1. The number of fused-ring (bicyclic) bond motifs is 3. The molecular weight excluding hydrogens is 436 g/mol. The lowest BCUT2D eigenvalue weighted by Gasteiger charge is -2.36. The highest BCUT2D eigenvalue weighted by Crippen LogP contribution is 2.40. The predicted molar refractivity (Wildman–Crippen MR) is 119 cm³/mol. The van der Waals surface area contributed by atoms with E-state index in [2.05, 4.69) is 17.3 Å². The molecule has 0 aliphatic carbocycles. The van der Waals surface area contributed by atoms with Gasteiger partial charge in [0.1, 0.15) is 11.4 Å². The molecule has 32 heavy (non-hydrogen) atoms. The highest BCUT2D eigenvalue weighted by molar-refractivity contribution is 6.31. The van der Waals surface area contributed by atoms with Gasteiger partial charge in [-0.15, -0.1) is 0 Å². The third-order valence-electron chi connectivity index (χ3n) is 6.17. The Labute approximate surface area is 192 Å². The van der Waals surface area contributed by atoms with Crippen molar-refractivity contribution < 1.29 is 29.3 Å². The summed E-state index contributed by atoms with van der Waals surface area (Å²) in [7, 11) is 2.21. The van der Waals surface area contributed by atoms with Crippen LogP contribution < -0.4 is 10.1 Å². The van der Waals surface area contributed by atoms with Gasteiger partial charge in [0.05, 0.1) is 5.56 Å².